The molecule has 0 aliphatic heterocycles. The van der Waals surface area contributed by atoms with Crippen molar-refractivity contribution in [2.75, 3.05) is 5.32 Å². The number of aromatic amines is 1. The van der Waals surface area contributed by atoms with Gasteiger partial charge in [-0.2, -0.15) is 5.10 Å². The number of rotatable bonds is 4. The third-order valence-corrected chi connectivity index (χ3v) is 2.70. The van der Waals surface area contributed by atoms with Gasteiger partial charge < -0.3 is 11.1 Å². The van der Waals surface area contributed by atoms with E-state index >= 15 is 0 Å². The van der Waals surface area contributed by atoms with Gasteiger partial charge >= 0.3 is 0 Å². The van der Waals surface area contributed by atoms with Crippen molar-refractivity contribution in [3.8, 4) is 0 Å². The van der Waals surface area contributed by atoms with Gasteiger partial charge in [-0.05, 0) is 24.6 Å². The standard InChI is InChI=1S/C12H16N4O/c1-2-9(13)6-12(17)15-10-3-4-11-8(5-10)7-14-16-11/h3-5,7,9H,2,6,13H2,1H3,(H,14,16)(H,15,17). The fourth-order valence-corrected chi connectivity index (χ4v) is 1.61. The van der Waals surface area contributed by atoms with Gasteiger partial charge in [0, 0.05) is 23.5 Å². The summed E-state index contributed by atoms with van der Waals surface area (Å²) in [5.41, 5.74) is 7.45. The Hall–Kier alpha value is -1.88. The number of H-pyrrole nitrogens is 1. The molecule has 1 amide bonds. The fourth-order valence-electron chi connectivity index (χ4n) is 1.61. The monoisotopic (exact) mass is 232 g/mol. The Morgan fingerprint density at radius 1 is 1.59 bits per heavy atom. The highest BCUT2D eigenvalue weighted by Crippen LogP contribution is 2.16. The molecule has 1 aromatic heterocycles. The highest BCUT2D eigenvalue weighted by atomic mass is 16.1. The Bertz CT molecular complexity index is 520. The minimum absolute atomic E-state index is 0.0535. The summed E-state index contributed by atoms with van der Waals surface area (Å²) in [6.45, 7) is 1.97. The summed E-state index contributed by atoms with van der Waals surface area (Å²) in [6.07, 6.45) is 2.87. The average Bonchev–Trinajstić information content (AvgIpc) is 2.75. The molecule has 2 rings (SSSR count). The number of hydrogen-bond acceptors (Lipinski definition) is 3. The highest BCUT2D eigenvalue weighted by Gasteiger charge is 2.08. The van der Waals surface area contributed by atoms with Gasteiger partial charge in [0.1, 0.15) is 0 Å². The summed E-state index contributed by atoms with van der Waals surface area (Å²) in [6, 6.07) is 5.54. The number of aromatic nitrogens is 2. The molecular formula is C12H16N4O. The SMILES string of the molecule is CCC(N)CC(=O)Nc1ccc2[nH]ncc2c1. The van der Waals surface area contributed by atoms with Crippen LogP contribution in [-0.2, 0) is 4.79 Å². The van der Waals surface area contributed by atoms with E-state index in [1.165, 1.54) is 0 Å². The summed E-state index contributed by atoms with van der Waals surface area (Å²) in [7, 11) is 0. The number of anilines is 1. The van der Waals surface area contributed by atoms with Gasteiger partial charge in [-0.25, -0.2) is 0 Å². The van der Waals surface area contributed by atoms with Crippen molar-refractivity contribution in [2.45, 2.75) is 25.8 Å². The molecule has 17 heavy (non-hydrogen) atoms. The maximum Gasteiger partial charge on any atom is 0.225 e. The van der Waals surface area contributed by atoms with E-state index in [2.05, 4.69) is 15.5 Å². The zero-order chi connectivity index (χ0) is 12.3. The van der Waals surface area contributed by atoms with Crippen LogP contribution < -0.4 is 11.1 Å². The minimum Gasteiger partial charge on any atom is -0.327 e. The fraction of sp³-hybridized carbons (Fsp3) is 0.333. The molecule has 1 atom stereocenters. The molecule has 0 spiro atoms. The molecule has 0 bridgehead atoms. The lowest BCUT2D eigenvalue weighted by Gasteiger charge is -2.09. The molecule has 0 aliphatic carbocycles. The van der Waals surface area contributed by atoms with Crippen LogP contribution in [0.25, 0.3) is 10.9 Å². The Morgan fingerprint density at radius 2 is 2.41 bits per heavy atom. The van der Waals surface area contributed by atoms with E-state index in [-0.39, 0.29) is 11.9 Å². The van der Waals surface area contributed by atoms with Crippen LogP contribution in [-0.4, -0.2) is 22.1 Å². The van der Waals surface area contributed by atoms with Gasteiger partial charge in [0.2, 0.25) is 5.91 Å². The van der Waals surface area contributed by atoms with Crippen LogP contribution in [0.5, 0.6) is 0 Å². The molecule has 0 fully saturated rings. The third kappa shape index (κ3) is 2.82. The van der Waals surface area contributed by atoms with Crippen molar-refractivity contribution >= 4 is 22.5 Å². The van der Waals surface area contributed by atoms with Crippen molar-refractivity contribution in [2.24, 2.45) is 5.73 Å². The zero-order valence-corrected chi connectivity index (χ0v) is 9.73. The molecule has 5 nitrogen and oxygen atoms in total. The van der Waals surface area contributed by atoms with E-state index in [0.29, 0.717) is 6.42 Å². The lowest BCUT2D eigenvalue weighted by molar-refractivity contribution is -0.116. The maximum atomic E-state index is 11.6. The lowest BCUT2D eigenvalue weighted by Crippen LogP contribution is -2.26. The second-order valence-corrected chi connectivity index (χ2v) is 4.09. The molecule has 1 heterocycles. The first-order chi connectivity index (χ1) is 8.19. The smallest absolute Gasteiger partial charge is 0.225 e. The predicted octanol–water partition coefficient (Wildman–Crippen LogP) is 1.63. The average molecular weight is 232 g/mol. The van der Waals surface area contributed by atoms with E-state index in [0.717, 1.165) is 23.0 Å². The molecule has 1 aromatic carbocycles. The quantitative estimate of drug-likeness (QED) is 0.749. The first kappa shape index (κ1) is 11.6. The number of carbonyl (C=O) groups is 1. The number of fused-ring (bicyclic) bond motifs is 1. The highest BCUT2D eigenvalue weighted by molar-refractivity contribution is 5.93. The summed E-state index contributed by atoms with van der Waals surface area (Å²) >= 11 is 0. The number of nitrogens with zero attached hydrogens (tertiary/aromatic N) is 1. The van der Waals surface area contributed by atoms with E-state index in [1.54, 1.807) is 6.20 Å². The normalized spacial score (nSPS) is 12.6. The number of amides is 1. The Labute approximate surface area is 99.4 Å². The van der Waals surface area contributed by atoms with E-state index in [9.17, 15) is 4.79 Å². The van der Waals surface area contributed by atoms with Crippen LogP contribution in [0.2, 0.25) is 0 Å². The van der Waals surface area contributed by atoms with Gasteiger partial charge in [0.05, 0.1) is 11.7 Å². The molecule has 4 N–H and O–H groups in total. The zero-order valence-electron chi connectivity index (χ0n) is 9.73. The largest absolute Gasteiger partial charge is 0.327 e. The van der Waals surface area contributed by atoms with Crippen LogP contribution in [0.15, 0.2) is 24.4 Å². The molecule has 2 aromatic rings. The van der Waals surface area contributed by atoms with Gasteiger partial charge in [0.25, 0.3) is 0 Å². The van der Waals surface area contributed by atoms with Crippen LogP contribution in [0.4, 0.5) is 5.69 Å². The molecule has 0 saturated carbocycles. The number of nitrogens with one attached hydrogen (secondary N) is 2. The van der Waals surface area contributed by atoms with Crippen LogP contribution in [0.1, 0.15) is 19.8 Å². The Balaban J connectivity index is 2.05. The van der Waals surface area contributed by atoms with E-state index in [1.807, 2.05) is 25.1 Å². The molecule has 0 saturated heterocycles. The summed E-state index contributed by atoms with van der Waals surface area (Å²) in [4.78, 5) is 11.6. The number of nitrogens with two attached hydrogens (primary N) is 1. The second-order valence-electron chi connectivity index (χ2n) is 4.09. The van der Waals surface area contributed by atoms with E-state index < -0.39 is 0 Å². The minimum atomic E-state index is -0.0762. The van der Waals surface area contributed by atoms with E-state index in [4.69, 9.17) is 5.73 Å². The predicted molar refractivity (Wildman–Crippen MR) is 67.6 cm³/mol. The van der Waals surface area contributed by atoms with Crippen molar-refractivity contribution in [3.63, 3.8) is 0 Å². The number of hydrogen-bond donors (Lipinski definition) is 3. The molecular weight excluding hydrogens is 216 g/mol. The Kier molecular flexibility index (Phi) is 3.39. The summed E-state index contributed by atoms with van der Waals surface area (Å²) in [5.74, 6) is -0.0535. The third-order valence-electron chi connectivity index (χ3n) is 2.70. The number of benzene rings is 1. The van der Waals surface area contributed by atoms with Gasteiger partial charge in [-0.15, -0.1) is 0 Å². The molecule has 0 aliphatic rings. The maximum absolute atomic E-state index is 11.6. The van der Waals surface area contributed by atoms with Gasteiger partial charge in [0.15, 0.2) is 0 Å². The summed E-state index contributed by atoms with van der Waals surface area (Å²) in [5, 5.41) is 10.6. The topological polar surface area (TPSA) is 83.8 Å². The van der Waals surface area contributed by atoms with Crippen LogP contribution >= 0.6 is 0 Å². The first-order valence-electron chi connectivity index (χ1n) is 5.67. The second kappa shape index (κ2) is 4.97. The Morgan fingerprint density at radius 3 is 3.18 bits per heavy atom. The molecule has 5 heteroatoms. The van der Waals surface area contributed by atoms with Crippen molar-refractivity contribution in [1.29, 1.82) is 0 Å². The van der Waals surface area contributed by atoms with Crippen molar-refractivity contribution in [1.82, 2.24) is 10.2 Å². The van der Waals surface area contributed by atoms with Crippen LogP contribution in [0.3, 0.4) is 0 Å². The van der Waals surface area contributed by atoms with Crippen LogP contribution in [0, 0.1) is 0 Å². The first-order valence-corrected chi connectivity index (χ1v) is 5.67. The van der Waals surface area contributed by atoms with Crippen molar-refractivity contribution in [3.05, 3.63) is 24.4 Å². The molecule has 0 radical (unpaired) electrons. The van der Waals surface area contributed by atoms with Gasteiger partial charge in [-0.1, -0.05) is 6.92 Å². The molecule has 1 unspecified atom stereocenters. The lowest BCUT2D eigenvalue weighted by atomic mass is 10.1. The molecule has 90 valence electrons. The number of carbonyl (C=O) groups excluding carboxylic acids is 1. The van der Waals surface area contributed by atoms with Crippen molar-refractivity contribution < 1.29 is 4.79 Å². The summed E-state index contributed by atoms with van der Waals surface area (Å²) < 4.78 is 0. The van der Waals surface area contributed by atoms with Gasteiger partial charge in [-0.3, -0.25) is 9.89 Å².